The standard InChI is InChI=1S/C28H29N9O6/c1-37(14-17-13-31-24-22(32-17)23(29)35-28(30)36-24)18-9-7-16(8-10-18)25(40)33-19(11-15-5-3-2-4-6-15)26(41)34-20(27(42)43)12-21(38)39/h2-10,13,19-20H,11-12,14H2,1H3,(H,33,40)(H,34,41)(H,38,39)(H,42,43)(H4,29,30,31,35,36)/t19-,20?/m0/s1. The molecule has 1 unspecified atom stereocenters. The molecule has 2 atom stereocenters. The molecule has 222 valence electrons. The first-order valence-electron chi connectivity index (χ1n) is 13.0. The molecular weight excluding hydrogens is 558 g/mol. The monoisotopic (exact) mass is 587 g/mol. The molecule has 0 aliphatic rings. The Morgan fingerprint density at radius 1 is 0.907 bits per heavy atom. The zero-order valence-electron chi connectivity index (χ0n) is 23.0. The highest BCUT2D eigenvalue weighted by molar-refractivity contribution is 5.98. The Kier molecular flexibility index (Phi) is 9.24. The normalized spacial score (nSPS) is 12.2. The summed E-state index contributed by atoms with van der Waals surface area (Å²) in [7, 11) is 1.82. The number of benzene rings is 2. The van der Waals surface area contributed by atoms with Crippen LogP contribution in [0.5, 0.6) is 0 Å². The Balaban J connectivity index is 1.46. The Morgan fingerprint density at radius 2 is 1.60 bits per heavy atom. The maximum Gasteiger partial charge on any atom is 0.326 e. The number of anilines is 3. The number of nitrogens with two attached hydrogens (primary N) is 2. The largest absolute Gasteiger partial charge is 0.481 e. The number of nitrogens with one attached hydrogen (secondary N) is 2. The molecule has 0 saturated carbocycles. The molecular formula is C28H29N9O6. The van der Waals surface area contributed by atoms with E-state index >= 15 is 0 Å². The first-order chi connectivity index (χ1) is 20.5. The predicted molar refractivity (Wildman–Crippen MR) is 156 cm³/mol. The number of hydrogen-bond donors (Lipinski definition) is 6. The number of amides is 2. The van der Waals surface area contributed by atoms with E-state index < -0.39 is 42.3 Å². The van der Waals surface area contributed by atoms with E-state index in [0.717, 1.165) is 5.69 Å². The molecule has 2 aromatic heterocycles. The van der Waals surface area contributed by atoms with E-state index in [0.29, 0.717) is 23.3 Å². The van der Waals surface area contributed by atoms with Gasteiger partial charge in [-0.2, -0.15) is 9.97 Å². The Labute approximate surface area is 245 Å². The summed E-state index contributed by atoms with van der Waals surface area (Å²) in [5.74, 6) is -4.18. The number of carboxylic acid groups (broad SMARTS) is 2. The van der Waals surface area contributed by atoms with Crippen molar-refractivity contribution in [2.45, 2.75) is 31.5 Å². The second kappa shape index (κ2) is 13.2. The van der Waals surface area contributed by atoms with Gasteiger partial charge in [0.25, 0.3) is 5.91 Å². The van der Waals surface area contributed by atoms with Gasteiger partial charge >= 0.3 is 11.9 Å². The van der Waals surface area contributed by atoms with Crippen LogP contribution in [0, 0.1) is 0 Å². The summed E-state index contributed by atoms with van der Waals surface area (Å²) in [5, 5.41) is 23.2. The number of hydrogen-bond acceptors (Lipinski definition) is 11. The molecule has 2 aromatic carbocycles. The quantitative estimate of drug-likeness (QED) is 0.133. The number of aromatic nitrogens is 4. The minimum Gasteiger partial charge on any atom is -0.481 e. The van der Waals surface area contributed by atoms with E-state index in [1.54, 1.807) is 60.8 Å². The van der Waals surface area contributed by atoms with Crippen LogP contribution in [0.2, 0.25) is 0 Å². The lowest BCUT2D eigenvalue weighted by molar-refractivity contribution is -0.147. The first kappa shape index (κ1) is 30.1. The molecule has 0 fully saturated rings. The lowest BCUT2D eigenvalue weighted by Gasteiger charge is -2.22. The Hall–Kier alpha value is -5.86. The summed E-state index contributed by atoms with van der Waals surface area (Å²) in [4.78, 5) is 67.2. The first-order valence-corrected chi connectivity index (χ1v) is 13.0. The summed E-state index contributed by atoms with van der Waals surface area (Å²) < 4.78 is 0. The Morgan fingerprint density at radius 3 is 2.26 bits per heavy atom. The predicted octanol–water partition coefficient (Wildman–Crippen LogP) is 0.606. The van der Waals surface area contributed by atoms with Crippen LogP contribution >= 0.6 is 0 Å². The van der Waals surface area contributed by atoms with Crippen molar-refractivity contribution in [2.24, 2.45) is 0 Å². The second-order valence-electron chi connectivity index (χ2n) is 9.62. The van der Waals surface area contributed by atoms with Gasteiger partial charge in [0.1, 0.15) is 12.1 Å². The van der Waals surface area contributed by atoms with Gasteiger partial charge in [-0.3, -0.25) is 14.4 Å². The van der Waals surface area contributed by atoms with Crippen molar-refractivity contribution < 1.29 is 29.4 Å². The van der Waals surface area contributed by atoms with Gasteiger partial charge < -0.3 is 37.2 Å². The van der Waals surface area contributed by atoms with Crippen LogP contribution in [-0.2, 0) is 27.3 Å². The van der Waals surface area contributed by atoms with Crippen LogP contribution in [0.1, 0.15) is 28.0 Å². The maximum absolute atomic E-state index is 13.1. The summed E-state index contributed by atoms with van der Waals surface area (Å²) in [6, 6.07) is 12.5. The van der Waals surface area contributed by atoms with Gasteiger partial charge in [0, 0.05) is 24.7 Å². The molecule has 0 aliphatic heterocycles. The molecule has 0 spiro atoms. The van der Waals surface area contributed by atoms with Crippen molar-refractivity contribution in [3.63, 3.8) is 0 Å². The lowest BCUT2D eigenvalue weighted by Crippen LogP contribution is -2.53. The second-order valence-corrected chi connectivity index (χ2v) is 9.62. The number of aliphatic carboxylic acids is 2. The molecule has 2 heterocycles. The minimum atomic E-state index is -1.66. The number of carbonyl (C=O) groups is 4. The zero-order valence-corrected chi connectivity index (χ0v) is 23.0. The van der Waals surface area contributed by atoms with Crippen LogP contribution in [0.25, 0.3) is 11.2 Å². The summed E-state index contributed by atoms with van der Waals surface area (Å²) in [6.07, 6.45) is 0.784. The van der Waals surface area contributed by atoms with Gasteiger partial charge in [-0.25, -0.2) is 14.8 Å². The average Bonchev–Trinajstić information content (AvgIpc) is 2.97. The van der Waals surface area contributed by atoms with E-state index in [1.807, 2.05) is 11.9 Å². The van der Waals surface area contributed by atoms with Crippen LogP contribution in [0.4, 0.5) is 17.5 Å². The zero-order chi connectivity index (χ0) is 31.1. The van der Waals surface area contributed by atoms with Gasteiger partial charge in [-0.05, 0) is 29.8 Å². The van der Waals surface area contributed by atoms with Gasteiger partial charge in [-0.15, -0.1) is 0 Å². The van der Waals surface area contributed by atoms with Crippen LogP contribution < -0.4 is 27.0 Å². The van der Waals surface area contributed by atoms with Crippen LogP contribution in [-0.4, -0.2) is 73.0 Å². The summed E-state index contributed by atoms with van der Waals surface area (Å²) in [6.45, 7) is 0.346. The fourth-order valence-electron chi connectivity index (χ4n) is 4.21. The van der Waals surface area contributed by atoms with Crippen molar-refractivity contribution in [1.29, 1.82) is 0 Å². The molecule has 43 heavy (non-hydrogen) atoms. The molecule has 4 aromatic rings. The summed E-state index contributed by atoms with van der Waals surface area (Å²) >= 11 is 0. The van der Waals surface area contributed by atoms with Crippen molar-refractivity contribution in [1.82, 2.24) is 30.6 Å². The molecule has 15 heteroatoms. The SMILES string of the molecule is CN(Cc1cnc2nc(N)nc(N)c2n1)c1ccc(C(=O)N[C@@H](Cc2ccccc2)C(=O)NC(CC(=O)O)C(=O)O)cc1. The topological polar surface area (TPSA) is 240 Å². The number of nitrogen functional groups attached to an aromatic ring is 2. The third-order valence-electron chi connectivity index (χ3n) is 6.37. The van der Waals surface area contributed by atoms with E-state index in [4.69, 9.17) is 16.6 Å². The molecule has 0 saturated heterocycles. The lowest BCUT2D eigenvalue weighted by atomic mass is 10.0. The molecule has 2 amide bonds. The van der Waals surface area contributed by atoms with Crippen molar-refractivity contribution in [3.05, 3.63) is 77.6 Å². The third-order valence-corrected chi connectivity index (χ3v) is 6.37. The van der Waals surface area contributed by atoms with Gasteiger partial charge in [0.2, 0.25) is 11.9 Å². The van der Waals surface area contributed by atoms with E-state index in [1.165, 1.54) is 0 Å². The molecule has 4 rings (SSSR count). The van der Waals surface area contributed by atoms with E-state index in [2.05, 4.69) is 30.6 Å². The van der Waals surface area contributed by atoms with Crippen molar-refractivity contribution in [2.75, 3.05) is 23.4 Å². The van der Waals surface area contributed by atoms with Gasteiger partial charge in [-0.1, -0.05) is 30.3 Å². The maximum atomic E-state index is 13.1. The van der Waals surface area contributed by atoms with Gasteiger partial charge in [0.05, 0.1) is 24.9 Å². The highest BCUT2D eigenvalue weighted by Gasteiger charge is 2.28. The van der Waals surface area contributed by atoms with Crippen LogP contribution in [0.15, 0.2) is 60.8 Å². The highest BCUT2D eigenvalue weighted by Crippen LogP contribution is 2.19. The van der Waals surface area contributed by atoms with Crippen molar-refractivity contribution >= 4 is 52.4 Å². The van der Waals surface area contributed by atoms with E-state index in [-0.39, 0.29) is 29.4 Å². The minimum absolute atomic E-state index is 0.00273. The Bertz CT molecular complexity index is 1650. The molecule has 15 nitrogen and oxygen atoms in total. The third kappa shape index (κ3) is 7.87. The van der Waals surface area contributed by atoms with E-state index in [9.17, 15) is 24.3 Å². The fraction of sp³-hybridized carbons (Fsp3) is 0.214. The average molecular weight is 588 g/mol. The number of fused-ring (bicyclic) bond motifs is 1. The van der Waals surface area contributed by atoms with Crippen LogP contribution in [0.3, 0.4) is 0 Å². The molecule has 8 N–H and O–H groups in total. The highest BCUT2D eigenvalue weighted by atomic mass is 16.4. The molecule has 0 bridgehead atoms. The number of rotatable bonds is 12. The smallest absolute Gasteiger partial charge is 0.326 e. The van der Waals surface area contributed by atoms with Gasteiger partial charge in [0.15, 0.2) is 17.0 Å². The van der Waals surface area contributed by atoms with Crippen molar-refractivity contribution in [3.8, 4) is 0 Å². The fourth-order valence-corrected chi connectivity index (χ4v) is 4.21. The molecule has 0 aliphatic carbocycles. The number of carboxylic acids is 2. The number of carbonyl (C=O) groups excluding carboxylic acids is 2. The molecule has 0 radical (unpaired) electrons. The summed E-state index contributed by atoms with van der Waals surface area (Å²) in [5.41, 5.74) is 14.4. The number of nitrogens with zero attached hydrogens (tertiary/aromatic N) is 5.